The fraction of sp³-hybridized carbons (Fsp3) is 0.438. The molecule has 2 aliphatic rings. The summed E-state index contributed by atoms with van der Waals surface area (Å²) in [4.78, 5) is 37.5. The maximum atomic E-state index is 12.1. The summed E-state index contributed by atoms with van der Waals surface area (Å²) in [6.45, 7) is 4.85. The van der Waals surface area contributed by atoms with E-state index in [1.165, 1.54) is 4.90 Å². The molecule has 0 bridgehead atoms. The summed E-state index contributed by atoms with van der Waals surface area (Å²) in [5.74, 6) is 0.327. The molecule has 0 unspecified atom stereocenters. The van der Waals surface area contributed by atoms with Crippen molar-refractivity contribution in [3.63, 3.8) is 0 Å². The highest BCUT2D eigenvalue weighted by Crippen LogP contribution is 2.26. The van der Waals surface area contributed by atoms with E-state index in [-0.39, 0.29) is 31.0 Å². The Hall–Kier alpha value is -2.57. The molecule has 7 nitrogen and oxygen atoms in total. The van der Waals surface area contributed by atoms with E-state index in [0.29, 0.717) is 13.1 Å². The average molecular weight is 317 g/mol. The molecule has 0 aromatic heterocycles. The molecule has 0 radical (unpaired) electrons. The monoisotopic (exact) mass is 317 g/mol. The Balaban J connectivity index is 1.50. The van der Waals surface area contributed by atoms with Crippen LogP contribution in [0.2, 0.25) is 0 Å². The van der Waals surface area contributed by atoms with Gasteiger partial charge in [0.25, 0.3) is 0 Å². The van der Waals surface area contributed by atoms with E-state index in [1.807, 2.05) is 32.0 Å². The highest BCUT2D eigenvalue weighted by molar-refractivity contribution is 6.03. The van der Waals surface area contributed by atoms with Crippen LogP contribution in [0.4, 0.5) is 4.79 Å². The molecular weight excluding hydrogens is 298 g/mol. The predicted molar refractivity (Wildman–Crippen MR) is 82.0 cm³/mol. The van der Waals surface area contributed by atoms with Crippen molar-refractivity contribution >= 4 is 17.8 Å². The molecule has 1 aromatic rings. The van der Waals surface area contributed by atoms with Crippen LogP contribution in [-0.4, -0.2) is 59.9 Å². The number of rotatable bonds is 4. The predicted octanol–water partition coefficient (Wildman–Crippen LogP) is 0.445. The first kappa shape index (κ1) is 15.3. The normalized spacial score (nSPS) is 18.0. The number of urea groups is 1. The largest absolute Gasteiger partial charge is 0.486 e. The molecule has 1 aromatic carbocycles. The van der Waals surface area contributed by atoms with Crippen LogP contribution in [0.15, 0.2) is 18.2 Å². The van der Waals surface area contributed by atoms with Gasteiger partial charge < -0.3 is 14.5 Å². The third-order valence-corrected chi connectivity index (χ3v) is 4.09. The number of ether oxygens (including phenoxy) is 1. The molecule has 2 saturated heterocycles. The van der Waals surface area contributed by atoms with Crippen LogP contribution < -0.4 is 10.1 Å². The van der Waals surface area contributed by atoms with E-state index in [0.717, 1.165) is 16.9 Å². The van der Waals surface area contributed by atoms with Gasteiger partial charge in [0.15, 0.2) is 0 Å². The van der Waals surface area contributed by atoms with Crippen LogP contribution in [0.25, 0.3) is 0 Å². The maximum absolute atomic E-state index is 12.1. The summed E-state index contributed by atoms with van der Waals surface area (Å²) >= 11 is 0. The molecular formula is C16H19N3O4. The quantitative estimate of drug-likeness (QED) is 0.818. The van der Waals surface area contributed by atoms with Crippen LogP contribution in [0.1, 0.15) is 11.1 Å². The van der Waals surface area contributed by atoms with Gasteiger partial charge in [-0.1, -0.05) is 18.2 Å². The van der Waals surface area contributed by atoms with E-state index in [4.69, 9.17) is 4.74 Å². The van der Waals surface area contributed by atoms with Crippen molar-refractivity contribution in [1.29, 1.82) is 0 Å². The van der Waals surface area contributed by atoms with Crippen LogP contribution in [0.3, 0.4) is 0 Å². The van der Waals surface area contributed by atoms with Crippen molar-refractivity contribution in [3.8, 4) is 5.75 Å². The summed E-state index contributed by atoms with van der Waals surface area (Å²) in [5, 5.41) is 2.15. The first-order chi connectivity index (χ1) is 10.9. The van der Waals surface area contributed by atoms with Gasteiger partial charge in [-0.15, -0.1) is 0 Å². The fourth-order valence-electron chi connectivity index (χ4n) is 2.74. The SMILES string of the molecule is Cc1cccc(C)c1OC1CN(C(=O)CN2CC(=O)NC2=O)C1. The molecule has 3 rings (SSSR count). The fourth-order valence-corrected chi connectivity index (χ4v) is 2.74. The molecule has 2 fully saturated rings. The van der Waals surface area contributed by atoms with Gasteiger partial charge in [-0.3, -0.25) is 14.9 Å². The van der Waals surface area contributed by atoms with E-state index >= 15 is 0 Å². The number of amides is 4. The number of nitrogens with one attached hydrogen (secondary N) is 1. The number of carbonyl (C=O) groups is 3. The van der Waals surface area contributed by atoms with E-state index < -0.39 is 6.03 Å². The van der Waals surface area contributed by atoms with Crippen LogP contribution in [0.5, 0.6) is 5.75 Å². The molecule has 4 amide bonds. The molecule has 23 heavy (non-hydrogen) atoms. The van der Waals surface area contributed by atoms with Gasteiger partial charge >= 0.3 is 6.03 Å². The molecule has 0 aliphatic carbocycles. The number of likely N-dealkylation sites (tertiary alicyclic amines) is 1. The van der Waals surface area contributed by atoms with Crippen LogP contribution in [0, 0.1) is 13.8 Å². The first-order valence-corrected chi connectivity index (χ1v) is 7.53. The van der Waals surface area contributed by atoms with Crippen LogP contribution in [-0.2, 0) is 9.59 Å². The third-order valence-electron chi connectivity index (χ3n) is 4.09. The summed E-state index contributed by atoms with van der Waals surface area (Å²) < 4.78 is 5.96. The Bertz CT molecular complexity index is 647. The number of nitrogens with zero attached hydrogens (tertiary/aromatic N) is 2. The van der Waals surface area contributed by atoms with Gasteiger partial charge in [0.2, 0.25) is 11.8 Å². The van der Waals surface area contributed by atoms with E-state index in [2.05, 4.69) is 5.32 Å². The second-order valence-corrected chi connectivity index (χ2v) is 5.97. The number of aryl methyl sites for hydroxylation is 2. The number of imide groups is 1. The Morgan fingerprint density at radius 1 is 1.26 bits per heavy atom. The van der Waals surface area contributed by atoms with Gasteiger partial charge in [0.1, 0.15) is 24.9 Å². The third kappa shape index (κ3) is 3.13. The lowest BCUT2D eigenvalue weighted by molar-refractivity contribution is -0.140. The number of hydrogen-bond acceptors (Lipinski definition) is 4. The zero-order valence-corrected chi connectivity index (χ0v) is 13.2. The van der Waals surface area contributed by atoms with Crippen molar-refractivity contribution in [2.24, 2.45) is 0 Å². The Morgan fingerprint density at radius 3 is 2.48 bits per heavy atom. The minimum atomic E-state index is -0.507. The first-order valence-electron chi connectivity index (χ1n) is 7.53. The Labute approximate surface area is 134 Å². The number of benzene rings is 1. The minimum Gasteiger partial charge on any atom is -0.486 e. The molecule has 0 spiro atoms. The van der Waals surface area contributed by atoms with Crippen LogP contribution >= 0.6 is 0 Å². The second kappa shape index (κ2) is 5.91. The molecule has 7 heteroatoms. The molecule has 1 N–H and O–H groups in total. The van der Waals surface area contributed by atoms with Gasteiger partial charge in [0, 0.05) is 0 Å². The highest BCUT2D eigenvalue weighted by Gasteiger charge is 2.36. The standard InChI is InChI=1S/C16H19N3O4/c1-10-4-3-5-11(2)15(10)23-12-6-18(7-12)14(21)9-19-8-13(20)17-16(19)22/h3-5,12H,6-9H2,1-2H3,(H,17,20,22). The molecule has 0 atom stereocenters. The molecule has 2 aliphatic heterocycles. The summed E-state index contributed by atoms with van der Waals surface area (Å²) in [5.41, 5.74) is 2.14. The van der Waals surface area contributed by atoms with Crippen molar-refractivity contribution in [2.75, 3.05) is 26.2 Å². The summed E-state index contributed by atoms with van der Waals surface area (Å²) in [6, 6.07) is 5.46. The second-order valence-electron chi connectivity index (χ2n) is 5.97. The molecule has 0 saturated carbocycles. The lowest BCUT2D eigenvalue weighted by Crippen LogP contribution is -2.58. The lowest BCUT2D eigenvalue weighted by atomic mass is 10.1. The smallest absolute Gasteiger partial charge is 0.325 e. The minimum absolute atomic E-state index is 0.0345. The van der Waals surface area contributed by atoms with Gasteiger partial charge in [-0.25, -0.2) is 4.79 Å². The van der Waals surface area contributed by atoms with Crippen molar-refractivity contribution in [1.82, 2.24) is 15.1 Å². The molecule has 122 valence electrons. The Kier molecular flexibility index (Phi) is 3.94. The van der Waals surface area contributed by atoms with Gasteiger partial charge in [0.05, 0.1) is 13.1 Å². The van der Waals surface area contributed by atoms with E-state index in [9.17, 15) is 14.4 Å². The van der Waals surface area contributed by atoms with Gasteiger partial charge in [-0.05, 0) is 25.0 Å². The topological polar surface area (TPSA) is 79.0 Å². The lowest BCUT2D eigenvalue weighted by Gasteiger charge is -2.40. The molecule has 2 heterocycles. The van der Waals surface area contributed by atoms with Crippen molar-refractivity contribution in [2.45, 2.75) is 20.0 Å². The summed E-state index contributed by atoms with van der Waals surface area (Å²) in [7, 11) is 0. The van der Waals surface area contributed by atoms with Crippen molar-refractivity contribution < 1.29 is 19.1 Å². The van der Waals surface area contributed by atoms with Gasteiger partial charge in [-0.2, -0.15) is 0 Å². The number of para-hydroxylation sites is 1. The zero-order chi connectivity index (χ0) is 16.6. The van der Waals surface area contributed by atoms with Crippen molar-refractivity contribution in [3.05, 3.63) is 29.3 Å². The maximum Gasteiger partial charge on any atom is 0.325 e. The zero-order valence-electron chi connectivity index (χ0n) is 13.2. The average Bonchev–Trinajstić information content (AvgIpc) is 2.74. The number of hydrogen-bond donors (Lipinski definition) is 1. The number of carbonyl (C=O) groups excluding carboxylic acids is 3. The Morgan fingerprint density at radius 2 is 1.91 bits per heavy atom. The summed E-state index contributed by atoms with van der Waals surface area (Å²) in [6.07, 6.45) is -0.0345. The highest BCUT2D eigenvalue weighted by atomic mass is 16.5. The van der Waals surface area contributed by atoms with E-state index in [1.54, 1.807) is 4.90 Å².